The maximum absolute atomic E-state index is 11.7. The fraction of sp³-hybridized carbons (Fsp3) is 0.917. The second kappa shape index (κ2) is 5.50. The Bertz CT molecular complexity index is 208. The topological polar surface area (TPSA) is 41.1 Å². The molecule has 3 heteroatoms. The molecule has 1 saturated carbocycles. The summed E-state index contributed by atoms with van der Waals surface area (Å²) in [5, 5.41) is 6.33. The molecule has 1 atom stereocenters. The van der Waals surface area contributed by atoms with Gasteiger partial charge in [0.05, 0.1) is 5.92 Å². The lowest BCUT2D eigenvalue weighted by molar-refractivity contribution is -0.125. The minimum absolute atomic E-state index is 0.222. The SMILES string of the molecule is O=C(NCCCC1CC1)C1CCCNC1. The van der Waals surface area contributed by atoms with Gasteiger partial charge in [-0.05, 0) is 38.1 Å². The minimum Gasteiger partial charge on any atom is -0.356 e. The maximum Gasteiger partial charge on any atom is 0.224 e. The molecule has 2 aliphatic rings. The molecule has 0 radical (unpaired) electrons. The third-order valence-electron chi connectivity index (χ3n) is 3.45. The van der Waals surface area contributed by atoms with Crippen LogP contribution < -0.4 is 10.6 Å². The summed E-state index contributed by atoms with van der Waals surface area (Å²) >= 11 is 0. The van der Waals surface area contributed by atoms with E-state index in [9.17, 15) is 4.79 Å². The summed E-state index contributed by atoms with van der Waals surface area (Å²) in [7, 11) is 0. The first-order chi connectivity index (χ1) is 7.36. The number of carbonyl (C=O) groups excluding carboxylic acids is 1. The van der Waals surface area contributed by atoms with Crippen molar-refractivity contribution < 1.29 is 4.79 Å². The monoisotopic (exact) mass is 210 g/mol. The molecule has 0 aromatic heterocycles. The highest BCUT2D eigenvalue weighted by Gasteiger charge is 2.22. The van der Waals surface area contributed by atoms with E-state index in [1.807, 2.05) is 0 Å². The minimum atomic E-state index is 0.222. The molecule has 0 aromatic carbocycles. The van der Waals surface area contributed by atoms with Crippen molar-refractivity contribution in [2.24, 2.45) is 11.8 Å². The molecule has 0 bridgehead atoms. The maximum atomic E-state index is 11.7. The predicted octanol–water partition coefficient (Wildman–Crippen LogP) is 1.29. The zero-order valence-corrected chi connectivity index (χ0v) is 9.43. The third-order valence-corrected chi connectivity index (χ3v) is 3.45. The van der Waals surface area contributed by atoms with E-state index in [1.165, 1.54) is 19.3 Å². The van der Waals surface area contributed by atoms with Gasteiger partial charge in [0.2, 0.25) is 5.91 Å². The number of hydrogen-bond acceptors (Lipinski definition) is 2. The van der Waals surface area contributed by atoms with Gasteiger partial charge in [-0.15, -0.1) is 0 Å². The molecular formula is C12H22N2O. The Morgan fingerprint density at radius 2 is 2.20 bits per heavy atom. The molecule has 86 valence electrons. The number of rotatable bonds is 5. The smallest absolute Gasteiger partial charge is 0.224 e. The van der Waals surface area contributed by atoms with E-state index in [0.29, 0.717) is 0 Å². The second-order valence-electron chi connectivity index (χ2n) is 4.92. The Labute approximate surface area is 92.0 Å². The van der Waals surface area contributed by atoms with Gasteiger partial charge in [-0.25, -0.2) is 0 Å². The highest BCUT2D eigenvalue weighted by molar-refractivity contribution is 5.78. The van der Waals surface area contributed by atoms with Gasteiger partial charge in [0, 0.05) is 13.1 Å². The Hall–Kier alpha value is -0.570. The summed E-state index contributed by atoms with van der Waals surface area (Å²) in [6.07, 6.45) is 7.50. The number of amides is 1. The summed E-state index contributed by atoms with van der Waals surface area (Å²) in [6.45, 7) is 2.83. The number of carbonyl (C=O) groups is 1. The summed E-state index contributed by atoms with van der Waals surface area (Å²) in [5.41, 5.74) is 0. The summed E-state index contributed by atoms with van der Waals surface area (Å²) in [6, 6.07) is 0. The first kappa shape index (κ1) is 10.9. The van der Waals surface area contributed by atoms with Gasteiger partial charge in [0.25, 0.3) is 0 Å². The second-order valence-corrected chi connectivity index (χ2v) is 4.92. The molecule has 3 nitrogen and oxygen atoms in total. The van der Waals surface area contributed by atoms with E-state index in [1.54, 1.807) is 0 Å². The van der Waals surface area contributed by atoms with Gasteiger partial charge in [-0.3, -0.25) is 4.79 Å². The average molecular weight is 210 g/mol. The number of piperidine rings is 1. The fourth-order valence-corrected chi connectivity index (χ4v) is 2.23. The Kier molecular flexibility index (Phi) is 4.01. The lowest BCUT2D eigenvalue weighted by Gasteiger charge is -2.21. The summed E-state index contributed by atoms with van der Waals surface area (Å²) in [5.74, 6) is 1.47. The van der Waals surface area contributed by atoms with E-state index < -0.39 is 0 Å². The molecule has 1 amide bonds. The fourth-order valence-electron chi connectivity index (χ4n) is 2.23. The van der Waals surface area contributed by atoms with Gasteiger partial charge < -0.3 is 10.6 Å². The number of hydrogen-bond donors (Lipinski definition) is 2. The summed E-state index contributed by atoms with van der Waals surface area (Å²) < 4.78 is 0. The van der Waals surface area contributed by atoms with Crippen LogP contribution in [0.15, 0.2) is 0 Å². The Morgan fingerprint density at radius 1 is 1.33 bits per heavy atom. The van der Waals surface area contributed by atoms with Crippen LogP contribution in [0.1, 0.15) is 38.5 Å². The Balaban J connectivity index is 1.54. The zero-order chi connectivity index (χ0) is 10.5. The van der Waals surface area contributed by atoms with Gasteiger partial charge >= 0.3 is 0 Å². The Morgan fingerprint density at radius 3 is 2.87 bits per heavy atom. The van der Waals surface area contributed by atoms with Crippen molar-refractivity contribution >= 4 is 5.91 Å². The zero-order valence-electron chi connectivity index (χ0n) is 9.43. The molecule has 0 spiro atoms. The molecule has 2 rings (SSSR count). The van der Waals surface area contributed by atoms with Crippen LogP contribution in [-0.4, -0.2) is 25.5 Å². The molecule has 15 heavy (non-hydrogen) atoms. The van der Waals surface area contributed by atoms with Gasteiger partial charge in [0.15, 0.2) is 0 Å². The highest BCUT2D eigenvalue weighted by Crippen LogP contribution is 2.33. The predicted molar refractivity (Wildman–Crippen MR) is 60.6 cm³/mol. The quantitative estimate of drug-likeness (QED) is 0.671. The largest absolute Gasteiger partial charge is 0.356 e. The van der Waals surface area contributed by atoms with Crippen molar-refractivity contribution in [2.45, 2.75) is 38.5 Å². The molecule has 2 fully saturated rings. The van der Waals surface area contributed by atoms with E-state index in [4.69, 9.17) is 0 Å². The van der Waals surface area contributed by atoms with Crippen molar-refractivity contribution in [2.75, 3.05) is 19.6 Å². The molecule has 1 aliphatic heterocycles. The normalized spacial score (nSPS) is 26.3. The lowest BCUT2D eigenvalue weighted by Crippen LogP contribution is -2.40. The molecule has 2 N–H and O–H groups in total. The molecule has 1 heterocycles. The van der Waals surface area contributed by atoms with Crippen LogP contribution in [0.4, 0.5) is 0 Å². The molecule has 1 aliphatic carbocycles. The van der Waals surface area contributed by atoms with Crippen LogP contribution in [0.3, 0.4) is 0 Å². The van der Waals surface area contributed by atoms with Gasteiger partial charge in [-0.2, -0.15) is 0 Å². The molecular weight excluding hydrogens is 188 g/mol. The molecule has 1 saturated heterocycles. The van der Waals surface area contributed by atoms with Gasteiger partial charge in [0.1, 0.15) is 0 Å². The van der Waals surface area contributed by atoms with Crippen molar-refractivity contribution in [1.29, 1.82) is 0 Å². The van der Waals surface area contributed by atoms with E-state index in [0.717, 1.165) is 44.8 Å². The van der Waals surface area contributed by atoms with E-state index in [2.05, 4.69) is 10.6 Å². The van der Waals surface area contributed by atoms with Crippen LogP contribution >= 0.6 is 0 Å². The third kappa shape index (κ3) is 3.82. The van der Waals surface area contributed by atoms with Crippen LogP contribution in [0, 0.1) is 11.8 Å². The van der Waals surface area contributed by atoms with Gasteiger partial charge in [-0.1, -0.05) is 12.8 Å². The van der Waals surface area contributed by atoms with Crippen molar-refractivity contribution in [3.05, 3.63) is 0 Å². The summed E-state index contributed by atoms with van der Waals surface area (Å²) in [4.78, 5) is 11.7. The lowest BCUT2D eigenvalue weighted by atomic mass is 9.99. The first-order valence-corrected chi connectivity index (χ1v) is 6.34. The molecule has 0 aromatic rings. The van der Waals surface area contributed by atoms with Crippen LogP contribution in [0.25, 0.3) is 0 Å². The standard InChI is InChI=1S/C12H22N2O/c15-12(11-4-2-7-13-9-11)14-8-1-3-10-5-6-10/h10-11,13H,1-9H2,(H,14,15). The van der Waals surface area contributed by atoms with Crippen molar-refractivity contribution in [3.63, 3.8) is 0 Å². The van der Waals surface area contributed by atoms with Crippen molar-refractivity contribution in [3.8, 4) is 0 Å². The highest BCUT2D eigenvalue weighted by atomic mass is 16.1. The van der Waals surface area contributed by atoms with Crippen LogP contribution in [-0.2, 0) is 4.79 Å². The average Bonchev–Trinajstić information content (AvgIpc) is 3.09. The molecule has 1 unspecified atom stereocenters. The first-order valence-electron chi connectivity index (χ1n) is 6.34. The van der Waals surface area contributed by atoms with E-state index >= 15 is 0 Å². The van der Waals surface area contributed by atoms with Crippen LogP contribution in [0.5, 0.6) is 0 Å². The van der Waals surface area contributed by atoms with Crippen molar-refractivity contribution in [1.82, 2.24) is 10.6 Å². The van der Waals surface area contributed by atoms with E-state index in [-0.39, 0.29) is 11.8 Å². The van der Waals surface area contributed by atoms with Crippen LogP contribution in [0.2, 0.25) is 0 Å². The number of nitrogens with one attached hydrogen (secondary N) is 2.